The van der Waals surface area contributed by atoms with Crippen molar-refractivity contribution in [1.29, 1.82) is 0 Å². The van der Waals surface area contributed by atoms with Crippen LogP contribution in [-0.2, 0) is 6.54 Å². The van der Waals surface area contributed by atoms with Gasteiger partial charge in [0.15, 0.2) is 0 Å². The molecule has 104 valence electrons. The molecule has 0 aliphatic carbocycles. The minimum absolute atomic E-state index is 0.0369. The summed E-state index contributed by atoms with van der Waals surface area (Å²) in [5, 5.41) is 13.8. The van der Waals surface area contributed by atoms with Crippen LogP contribution in [0.25, 0.3) is 0 Å². The van der Waals surface area contributed by atoms with Gasteiger partial charge in [0.05, 0.1) is 4.92 Å². The van der Waals surface area contributed by atoms with Crippen molar-refractivity contribution in [2.24, 2.45) is 0 Å². The second-order valence-electron chi connectivity index (χ2n) is 4.52. The molecule has 0 saturated heterocycles. The molecule has 0 aliphatic rings. The zero-order valence-electron chi connectivity index (χ0n) is 11.0. The predicted molar refractivity (Wildman–Crippen MR) is 74.8 cm³/mol. The SMILES string of the molecule is C[C@H](NCc1cccc([N+](=O)[O-])c1F)c1ccccc1. The number of nitrogens with one attached hydrogen (secondary N) is 1. The monoisotopic (exact) mass is 274 g/mol. The summed E-state index contributed by atoms with van der Waals surface area (Å²) < 4.78 is 13.9. The molecule has 1 atom stereocenters. The van der Waals surface area contributed by atoms with Crippen molar-refractivity contribution in [3.8, 4) is 0 Å². The van der Waals surface area contributed by atoms with Crippen LogP contribution in [0.1, 0.15) is 24.1 Å². The molecular formula is C15H15FN2O2. The highest BCUT2D eigenvalue weighted by atomic mass is 19.1. The highest BCUT2D eigenvalue weighted by Gasteiger charge is 2.17. The molecule has 20 heavy (non-hydrogen) atoms. The molecule has 5 heteroatoms. The molecule has 0 unspecified atom stereocenters. The van der Waals surface area contributed by atoms with Crippen molar-refractivity contribution in [1.82, 2.24) is 5.32 Å². The molecule has 1 N–H and O–H groups in total. The third-order valence-corrected chi connectivity index (χ3v) is 3.15. The number of halogens is 1. The van der Waals surface area contributed by atoms with Gasteiger partial charge in [-0.05, 0) is 12.5 Å². The second kappa shape index (κ2) is 6.25. The average Bonchev–Trinajstić information content (AvgIpc) is 2.46. The van der Waals surface area contributed by atoms with E-state index in [-0.39, 0.29) is 12.6 Å². The molecule has 0 aliphatic heterocycles. The topological polar surface area (TPSA) is 55.2 Å². The van der Waals surface area contributed by atoms with E-state index in [0.717, 1.165) is 5.56 Å². The van der Waals surface area contributed by atoms with Gasteiger partial charge in [-0.15, -0.1) is 0 Å². The largest absolute Gasteiger partial charge is 0.306 e. The Morgan fingerprint density at radius 3 is 2.55 bits per heavy atom. The van der Waals surface area contributed by atoms with Crippen LogP contribution in [0.2, 0.25) is 0 Å². The summed E-state index contributed by atoms with van der Waals surface area (Å²) >= 11 is 0. The van der Waals surface area contributed by atoms with Gasteiger partial charge in [-0.1, -0.05) is 42.5 Å². The Bertz CT molecular complexity index is 602. The Kier molecular flexibility index (Phi) is 4.42. The molecule has 0 bridgehead atoms. The normalized spacial score (nSPS) is 12.1. The van der Waals surface area contributed by atoms with E-state index in [9.17, 15) is 14.5 Å². The van der Waals surface area contributed by atoms with Gasteiger partial charge in [0.1, 0.15) is 0 Å². The van der Waals surface area contributed by atoms with E-state index in [0.29, 0.717) is 5.56 Å². The number of hydrogen-bond donors (Lipinski definition) is 1. The van der Waals surface area contributed by atoms with E-state index < -0.39 is 16.4 Å². The molecule has 0 aromatic heterocycles. The van der Waals surface area contributed by atoms with Gasteiger partial charge in [0.25, 0.3) is 0 Å². The molecule has 0 spiro atoms. The molecule has 0 amide bonds. The fraction of sp³-hybridized carbons (Fsp3) is 0.200. The zero-order chi connectivity index (χ0) is 14.5. The molecule has 2 aromatic rings. The molecule has 0 heterocycles. The summed E-state index contributed by atoms with van der Waals surface area (Å²) in [6.07, 6.45) is 0. The second-order valence-corrected chi connectivity index (χ2v) is 4.52. The van der Waals surface area contributed by atoms with Crippen LogP contribution in [0.4, 0.5) is 10.1 Å². The van der Waals surface area contributed by atoms with Gasteiger partial charge in [-0.2, -0.15) is 4.39 Å². The van der Waals surface area contributed by atoms with Crippen LogP contribution in [0.5, 0.6) is 0 Å². The quantitative estimate of drug-likeness (QED) is 0.669. The highest BCUT2D eigenvalue weighted by molar-refractivity contribution is 5.36. The number of nitro benzene ring substituents is 1. The van der Waals surface area contributed by atoms with Crippen LogP contribution < -0.4 is 5.32 Å². The van der Waals surface area contributed by atoms with Crippen LogP contribution in [0.15, 0.2) is 48.5 Å². The van der Waals surface area contributed by atoms with E-state index >= 15 is 0 Å². The van der Waals surface area contributed by atoms with Gasteiger partial charge in [-0.3, -0.25) is 10.1 Å². The number of benzene rings is 2. The van der Waals surface area contributed by atoms with E-state index in [2.05, 4.69) is 5.32 Å². The average molecular weight is 274 g/mol. The maximum atomic E-state index is 13.9. The lowest BCUT2D eigenvalue weighted by atomic mass is 10.1. The third-order valence-electron chi connectivity index (χ3n) is 3.15. The molecule has 4 nitrogen and oxygen atoms in total. The van der Waals surface area contributed by atoms with Crippen LogP contribution in [-0.4, -0.2) is 4.92 Å². The number of rotatable bonds is 5. The first-order valence-corrected chi connectivity index (χ1v) is 6.29. The summed E-state index contributed by atoms with van der Waals surface area (Å²) in [6, 6.07) is 14.0. The Morgan fingerprint density at radius 1 is 1.20 bits per heavy atom. The van der Waals surface area contributed by atoms with E-state index in [1.165, 1.54) is 12.1 Å². The fourth-order valence-electron chi connectivity index (χ4n) is 1.97. The van der Waals surface area contributed by atoms with Crippen LogP contribution >= 0.6 is 0 Å². The first-order valence-electron chi connectivity index (χ1n) is 6.29. The number of nitrogens with zero attached hydrogens (tertiary/aromatic N) is 1. The summed E-state index contributed by atoms with van der Waals surface area (Å²) in [5.74, 6) is -0.773. The van der Waals surface area contributed by atoms with Crippen molar-refractivity contribution in [3.63, 3.8) is 0 Å². The van der Waals surface area contributed by atoms with E-state index in [4.69, 9.17) is 0 Å². The van der Waals surface area contributed by atoms with Crippen molar-refractivity contribution < 1.29 is 9.31 Å². The Labute approximate surface area is 116 Å². The summed E-state index contributed by atoms with van der Waals surface area (Å²) in [5.41, 5.74) is 0.886. The summed E-state index contributed by atoms with van der Waals surface area (Å²) in [7, 11) is 0. The number of nitro groups is 1. The lowest BCUT2D eigenvalue weighted by Crippen LogP contribution is -2.19. The third kappa shape index (κ3) is 3.19. The summed E-state index contributed by atoms with van der Waals surface area (Å²) in [6.45, 7) is 2.20. The molecule has 0 fully saturated rings. The van der Waals surface area contributed by atoms with Crippen molar-refractivity contribution in [2.75, 3.05) is 0 Å². The van der Waals surface area contributed by atoms with Gasteiger partial charge in [0, 0.05) is 24.2 Å². The van der Waals surface area contributed by atoms with Crippen molar-refractivity contribution in [3.05, 3.63) is 75.6 Å². The lowest BCUT2D eigenvalue weighted by Gasteiger charge is -2.14. The first kappa shape index (κ1) is 14.1. The lowest BCUT2D eigenvalue weighted by molar-refractivity contribution is -0.387. The van der Waals surface area contributed by atoms with Gasteiger partial charge in [-0.25, -0.2) is 0 Å². The molecule has 2 rings (SSSR count). The summed E-state index contributed by atoms with van der Waals surface area (Å²) in [4.78, 5) is 9.97. The van der Waals surface area contributed by atoms with Crippen molar-refractivity contribution in [2.45, 2.75) is 19.5 Å². The van der Waals surface area contributed by atoms with Crippen LogP contribution in [0, 0.1) is 15.9 Å². The smallest absolute Gasteiger partial charge is 0.305 e. The minimum atomic E-state index is -0.773. The number of hydrogen-bond acceptors (Lipinski definition) is 3. The maximum absolute atomic E-state index is 13.9. The van der Waals surface area contributed by atoms with Gasteiger partial charge < -0.3 is 5.32 Å². The van der Waals surface area contributed by atoms with E-state index in [1.807, 2.05) is 37.3 Å². The standard InChI is InChI=1S/C15H15FN2O2/c1-11(12-6-3-2-4-7-12)17-10-13-8-5-9-14(15(13)16)18(19)20/h2-9,11,17H,10H2,1H3/t11-/m0/s1. The molecule has 0 saturated carbocycles. The Hall–Kier alpha value is -2.27. The van der Waals surface area contributed by atoms with Crippen LogP contribution in [0.3, 0.4) is 0 Å². The van der Waals surface area contributed by atoms with Crippen molar-refractivity contribution >= 4 is 5.69 Å². The molecule has 0 radical (unpaired) electrons. The molecular weight excluding hydrogens is 259 g/mol. The Balaban J connectivity index is 2.08. The highest BCUT2D eigenvalue weighted by Crippen LogP contribution is 2.21. The fourth-order valence-corrected chi connectivity index (χ4v) is 1.97. The Morgan fingerprint density at radius 2 is 1.90 bits per heavy atom. The van der Waals surface area contributed by atoms with Gasteiger partial charge >= 0.3 is 5.69 Å². The maximum Gasteiger partial charge on any atom is 0.305 e. The van der Waals surface area contributed by atoms with E-state index in [1.54, 1.807) is 6.07 Å². The molecule has 2 aromatic carbocycles. The minimum Gasteiger partial charge on any atom is -0.306 e. The predicted octanol–water partition coefficient (Wildman–Crippen LogP) is 3.58. The zero-order valence-corrected chi connectivity index (χ0v) is 11.0. The first-order chi connectivity index (χ1) is 9.59. The van der Waals surface area contributed by atoms with Gasteiger partial charge in [0.2, 0.25) is 5.82 Å².